The molecule has 0 spiro atoms. The second-order valence-electron chi connectivity index (χ2n) is 6.76. The fourth-order valence-electron chi connectivity index (χ4n) is 3.02. The van der Waals surface area contributed by atoms with Gasteiger partial charge in [-0.2, -0.15) is 0 Å². The molecule has 1 saturated heterocycles. The van der Waals surface area contributed by atoms with Crippen LogP contribution in [0.4, 0.5) is 5.69 Å². The molecule has 0 radical (unpaired) electrons. The normalized spacial score (nSPS) is 15.8. The lowest BCUT2D eigenvalue weighted by molar-refractivity contribution is -0.118. The molecule has 148 valence electrons. The Hall–Kier alpha value is -2.86. The molecule has 0 saturated carbocycles. The van der Waals surface area contributed by atoms with E-state index in [0.717, 1.165) is 31.4 Å². The molecular formula is C22H26N2O4. The molecule has 28 heavy (non-hydrogen) atoms. The number of nitrogens with one attached hydrogen (secondary N) is 2. The highest BCUT2D eigenvalue weighted by molar-refractivity contribution is 5.96. The van der Waals surface area contributed by atoms with Crippen molar-refractivity contribution in [3.05, 3.63) is 59.7 Å². The van der Waals surface area contributed by atoms with E-state index >= 15 is 0 Å². The van der Waals surface area contributed by atoms with Crippen LogP contribution in [0.1, 0.15) is 35.7 Å². The molecule has 2 amide bonds. The van der Waals surface area contributed by atoms with Gasteiger partial charge in [-0.3, -0.25) is 9.59 Å². The van der Waals surface area contributed by atoms with Gasteiger partial charge in [0.2, 0.25) is 0 Å². The first-order valence-electron chi connectivity index (χ1n) is 9.65. The van der Waals surface area contributed by atoms with Gasteiger partial charge in [-0.25, -0.2) is 0 Å². The summed E-state index contributed by atoms with van der Waals surface area (Å²) in [5.41, 5.74) is 2.32. The third-order valence-electron chi connectivity index (χ3n) is 4.62. The van der Waals surface area contributed by atoms with Crippen molar-refractivity contribution in [1.29, 1.82) is 0 Å². The van der Waals surface area contributed by atoms with E-state index in [1.165, 1.54) is 0 Å². The number of hydrogen-bond acceptors (Lipinski definition) is 4. The van der Waals surface area contributed by atoms with Crippen LogP contribution >= 0.6 is 0 Å². The fourth-order valence-corrected chi connectivity index (χ4v) is 3.02. The average Bonchev–Trinajstić information content (AvgIpc) is 3.25. The van der Waals surface area contributed by atoms with Crippen molar-refractivity contribution in [2.24, 2.45) is 0 Å². The molecule has 0 aromatic heterocycles. The summed E-state index contributed by atoms with van der Waals surface area (Å²) in [6.45, 7) is 3.28. The predicted molar refractivity (Wildman–Crippen MR) is 108 cm³/mol. The van der Waals surface area contributed by atoms with Crippen molar-refractivity contribution in [1.82, 2.24) is 5.32 Å². The lowest BCUT2D eigenvalue weighted by Crippen LogP contribution is -2.31. The third kappa shape index (κ3) is 5.82. The highest BCUT2D eigenvalue weighted by Gasteiger charge is 2.16. The van der Waals surface area contributed by atoms with Crippen LogP contribution in [-0.4, -0.2) is 37.7 Å². The zero-order chi connectivity index (χ0) is 19.8. The molecule has 2 aromatic rings. The molecule has 1 aliphatic heterocycles. The maximum Gasteiger partial charge on any atom is 0.262 e. The topological polar surface area (TPSA) is 76.7 Å². The van der Waals surface area contributed by atoms with E-state index in [1.807, 2.05) is 24.3 Å². The van der Waals surface area contributed by atoms with Crippen LogP contribution in [0.15, 0.2) is 48.5 Å². The lowest BCUT2D eigenvalue weighted by Gasteiger charge is -2.11. The van der Waals surface area contributed by atoms with E-state index in [0.29, 0.717) is 23.5 Å². The van der Waals surface area contributed by atoms with E-state index < -0.39 is 0 Å². The van der Waals surface area contributed by atoms with Gasteiger partial charge in [0.15, 0.2) is 6.61 Å². The van der Waals surface area contributed by atoms with Gasteiger partial charge in [0.05, 0.1) is 6.10 Å². The SMILES string of the molecule is CCc1cccc(OCC(=O)Nc2ccc(C(=O)NCC3CCCO3)cc2)c1. The van der Waals surface area contributed by atoms with Crippen molar-refractivity contribution < 1.29 is 19.1 Å². The van der Waals surface area contributed by atoms with Gasteiger partial charge in [-0.05, 0) is 61.2 Å². The van der Waals surface area contributed by atoms with Crippen LogP contribution < -0.4 is 15.4 Å². The number of rotatable bonds is 8. The van der Waals surface area contributed by atoms with Gasteiger partial charge in [0.25, 0.3) is 11.8 Å². The smallest absolute Gasteiger partial charge is 0.262 e. The Bertz CT molecular complexity index is 798. The van der Waals surface area contributed by atoms with Crippen molar-refractivity contribution in [2.45, 2.75) is 32.3 Å². The second kappa shape index (κ2) is 9.90. The number of hydrogen-bond donors (Lipinski definition) is 2. The summed E-state index contributed by atoms with van der Waals surface area (Å²) in [4.78, 5) is 24.3. The summed E-state index contributed by atoms with van der Waals surface area (Å²) >= 11 is 0. The van der Waals surface area contributed by atoms with Gasteiger partial charge in [-0.15, -0.1) is 0 Å². The largest absolute Gasteiger partial charge is 0.484 e. The summed E-state index contributed by atoms with van der Waals surface area (Å²) in [6.07, 6.45) is 3.05. The molecule has 2 N–H and O–H groups in total. The first-order valence-corrected chi connectivity index (χ1v) is 9.65. The Labute approximate surface area is 165 Å². The quantitative estimate of drug-likeness (QED) is 0.735. The minimum Gasteiger partial charge on any atom is -0.484 e. The number of aryl methyl sites for hydroxylation is 1. The lowest BCUT2D eigenvalue weighted by atomic mass is 10.2. The molecular weight excluding hydrogens is 356 g/mol. The Balaban J connectivity index is 1.45. The first kappa shape index (κ1) is 19.9. The highest BCUT2D eigenvalue weighted by Crippen LogP contribution is 2.15. The number of anilines is 1. The minimum atomic E-state index is -0.252. The van der Waals surface area contributed by atoms with E-state index in [1.54, 1.807) is 24.3 Å². The van der Waals surface area contributed by atoms with Crippen molar-refractivity contribution in [2.75, 3.05) is 25.1 Å². The second-order valence-corrected chi connectivity index (χ2v) is 6.76. The standard InChI is InChI=1S/C22H26N2O4/c1-2-16-5-3-6-19(13-16)28-15-21(25)24-18-10-8-17(9-11-18)22(26)23-14-20-7-4-12-27-20/h3,5-6,8-11,13,20H,2,4,7,12,14-15H2,1H3,(H,23,26)(H,24,25). The zero-order valence-electron chi connectivity index (χ0n) is 16.1. The summed E-state index contributed by atoms with van der Waals surface area (Å²) in [5, 5.41) is 5.65. The van der Waals surface area contributed by atoms with Crippen LogP contribution in [0, 0.1) is 0 Å². The molecule has 1 fully saturated rings. The fraction of sp³-hybridized carbons (Fsp3) is 0.364. The number of carbonyl (C=O) groups excluding carboxylic acids is 2. The number of carbonyl (C=O) groups is 2. The first-order chi connectivity index (χ1) is 13.6. The average molecular weight is 382 g/mol. The Morgan fingerprint density at radius 2 is 2.00 bits per heavy atom. The molecule has 1 aliphatic rings. The van der Waals surface area contributed by atoms with Crippen LogP contribution in [0.25, 0.3) is 0 Å². The van der Waals surface area contributed by atoms with Crippen molar-refractivity contribution in [3.8, 4) is 5.75 Å². The summed E-state index contributed by atoms with van der Waals surface area (Å²) in [5.74, 6) is 0.276. The van der Waals surface area contributed by atoms with Crippen molar-refractivity contribution in [3.63, 3.8) is 0 Å². The Morgan fingerprint density at radius 1 is 1.18 bits per heavy atom. The summed E-state index contributed by atoms with van der Waals surface area (Å²) in [7, 11) is 0. The maximum atomic E-state index is 12.2. The molecule has 2 aromatic carbocycles. The molecule has 1 atom stereocenters. The van der Waals surface area contributed by atoms with E-state index in [4.69, 9.17) is 9.47 Å². The van der Waals surface area contributed by atoms with Gasteiger partial charge in [-0.1, -0.05) is 19.1 Å². The van der Waals surface area contributed by atoms with Crippen molar-refractivity contribution >= 4 is 17.5 Å². The molecule has 0 aliphatic carbocycles. The molecule has 1 unspecified atom stereocenters. The van der Waals surface area contributed by atoms with Crippen LogP contribution in [0.2, 0.25) is 0 Å². The van der Waals surface area contributed by atoms with Crippen LogP contribution in [0.3, 0.4) is 0 Å². The number of ether oxygens (including phenoxy) is 2. The molecule has 6 heteroatoms. The number of benzene rings is 2. The predicted octanol–water partition coefficient (Wildman–Crippen LogP) is 3.18. The number of amides is 2. The molecule has 1 heterocycles. The van der Waals surface area contributed by atoms with Gasteiger partial charge < -0.3 is 20.1 Å². The summed E-state index contributed by atoms with van der Waals surface area (Å²) in [6, 6.07) is 14.5. The van der Waals surface area contributed by atoms with E-state index in [-0.39, 0.29) is 24.5 Å². The molecule has 6 nitrogen and oxygen atoms in total. The third-order valence-corrected chi connectivity index (χ3v) is 4.62. The Kier molecular flexibility index (Phi) is 7.03. The van der Waals surface area contributed by atoms with Gasteiger partial charge in [0, 0.05) is 24.4 Å². The minimum absolute atomic E-state index is 0.0726. The maximum absolute atomic E-state index is 12.2. The van der Waals surface area contributed by atoms with Crippen LogP contribution in [-0.2, 0) is 16.0 Å². The monoisotopic (exact) mass is 382 g/mol. The van der Waals surface area contributed by atoms with E-state index in [9.17, 15) is 9.59 Å². The molecule has 3 rings (SSSR count). The summed E-state index contributed by atoms with van der Waals surface area (Å²) < 4.78 is 11.0. The molecule has 0 bridgehead atoms. The Morgan fingerprint density at radius 3 is 2.71 bits per heavy atom. The van der Waals surface area contributed by atoms with Gasteiger partial charge >= 0.3 is 0 Å². The van der Waals surface area contributed by atoms with E-state index in [2.05, 4.69) is 17.6 Å². The van der Waals surface area contributed by atoms with Gasteiger partial charge in [0.1, 0.15) is 5.75 Å². The zero-order valence-corrected chi connectivity index (χ0v) is 16.1. The highest BCUT2D eigenvalue weighted by atomic mass is 16.5. The van der Waals surface area contributed by atoms with Crippen LogP contribution in [0.5, 0.6) is 5.75 Å².